The van der Waals surface area contributed by atoms with Gasteiger partial charge in [-0.3, -0.25) is 0 Å². The SMILES string of the molecule is COCc1ncc(-c2c(C)c(-c3ccc(C)cc3)nc(N)c2C#N)cn1. The summed E-state index contributed by atoms with van der Waals surface area (Å²) in [6, 6.07) is 10.2. The Balaban J connectivity index is 2.20. The van der Waals surface area contributed by atoms with Crippen molar-refractivity contribution in [3.8, 4) is 28.5 Å². The summed E-state index contributed by atoms with van der Waals surface area (Å²) in [4.78, 5) is 13.1. The summed E-state index contributed by atoms with van der Waals surface area (Å²) in [6.07, 6.45) is 3.37. The van der Waals surface area contributed by atoms with Crippen LogP contribution in [0.3, 0.4) is 0 Å². The zero-order chi connectivity index (χ0) is 18.7. The van der Waals surface area contributed by atoms with Gasteiger partial charge in [0, 0.05) is 36.2 Å². The quantitative estimate of drug-likeness (QED) is 0.778. The summed E-state index contributed by atoms with van der Waals surface area (Å²) >= 11 is 0. The predicted octanol–water partition coefficient (Wildman–Crippen LogP) is 3.42. The first-order chi connectivity index (χ1) is 12.5. The molecule has 0 aliphatic carbocycles. The van der Waals surface area contributed by atoms with Gasteiger partial charge in [0.25, 0.3) is 0 Å². The Labute approximate surface area is 152 Å². The molecule has 0 saturated carbocycles. The normalized spacial score (nSPS) is 10.5. The number of pyridine rings is 1. The number of rotatable bonds is 4. The van der Waals surface area contributed by atoms with E-state index in [1.165, 1.54) is 0 Å². The molecule has 26 heavy (non-hydrogen) atoms. The molecule has 0 aliphatic heterocycles. The molecular weight excluding hydrogens is 326 g/mol. The first-order valence-electron chi connectivity index (χ1n) is 8.12. The summed E-state index contributed by atoms with van der Waals surface area (Å²) in [5.74, 6) is 0.776. The summed E-state index contributed by atoms with van der Waals surface area (Å²) < 4.78 is 5.04. The summed E-state index contributed by atoms with van der Waals surface area (Å²) in [5.41, 5.74) is 11.6. The number of ether oxygens (including phenoxy) is 1. The van der Waals surface area contributed by atoms with Crippen molar-refractivity contribution in [1.82, 2.24) is 15.0 Å². The van der Waals surface area contributed by atoms with Crippen LogP contribution in [-0.4, -0.2) is 22.1 Å². The van der Waals surface area contributed by atoms with E-state index in [-0.39, 0.29) is 5.82 Å². The molecule has 0 radical (unpaired) electrons. The molecule has 0 spiro atoms. The fourth-order valence-electron chi connectivity index (χ4n) is 2.85. The molecule has 0 bridgehead atoms. The molecule has 0 unspecified atom stereocenters. The van der Waals surface area contributed by atoms with E-state index in [1.807, 2.05) is 38.1 Å². The Bertz CT molecular complexity index is 973. The van der Waals surface area contributed by atoms with E-state index >= 15 is 0 Å². The average Bonchev–Trinajstić information content (AvgIpc) is 2.65. The number of benzene rings is 1. The maximum Gasteiger partial charge on any atom is 0.153 e. The number of nitrogens with zero attached hydrogens (tertiary/aromatic N) is 4. The van der Waals surface area contributed by atoms with Crippen LogP contribution < -0.4 is 5.73 Å². The second kappa shape index (κ2) is 7.30. The van der Waals surface area contributed by atoms with Crippen LogP contribution >= 0.6 is 0 Å². The number of hydrogen-bond acceptors (Lipinski definition) is 6. The summed E-state index contributed by atoms with van der Waals surface area (Å²) in [7, 11) is 1.59. The molecule has 0 aliphatic rings. The first-order valence-corrected chi connectivity index (χ1v) is 8.12. The number of aromatic nitrogens is 3. The van der Waals surface area contributed by atoms with Crippen molar-refractivity contribution in [2.24, 2.45) is 0 Å². The number of nitrogens with two attached hydrogens (primary N) is 1. The van der Waals surface area contributed by atoms with Gasteiger partial charge in [-0.15, -0.1) is 0 Å². The largest absolute Gasteiger partial charge is 0.383 e. The lowest BCUT2D eigenvalue weighted by Gasteiger charge is -2.15. The van der Waals surface area contributed by atoms with Crippen LogP contribution in [0.5, 0.6) is 0 Å². The van der Waals surface area contributed by atoms with Crippen LogP contribution in [0.2, 0.25) is 0 Å². The third-order valence-electron chi connectivity index (χ3n) is 4.17. The monoisotopic (exact) mass is 345 g/mol. The highest BCUT2D eigenvalue weighted by atomic mass is 16.5. The van der Waals surface area contributed by atoms with Gasteiger partial charge in [-0.25, -0.2) is 15.0 Å². The third kappa shape index (κ3) is 3.25. The molecule has 3 rings (SSSR count). The van der Waals surface area contributed by atoms with Gasteiger partial charge in [0.15, 0.2) is 5.82 Å². The maximum absolute atomic E-state index is 9.59. The van der Waals surface area contributed by atoms with Crippen molar-refractivity contribution in [2.45, 2.75) is 20.5 Å². The Morgan fingerprint density at radius 3 is 2.31 bits per heavy atom. The van der Waals surface area contributed by atoms with E-state index in [1.54, 1.807) is 19.5 Å². The molecule has 2 N–H and O–H groups in total. The predicted molar refractivity (Wildman–Crippen MR) is 100 cm³/mol. The van der Waals surface area contributed by atoms with Crippen LogP contribution in [0.1, 0.15) is 22.5 Å². The molecular formula is C20H19N5O. The van der Waals surface area contributed by atoms with Crippen molar-refractivity contribution >= 4 is 5.82 Å². The van der Waals surface area contributed by atoms with Crippen molar-refractivity contribution in [3.05, 3.63) is 59.2 Å². The van der Waals surface area contributed by atoms with E-state index in [2.05, 4.69) is 21.0 Å². The van der Waals surface area contributed by atoms with Crippen molar-refractivity contribution < 1.29 is 4.74 Å². The molecule has 3 aromatic rings. The molecule has 2 aromatic heterocycles. The molecule has 0 amide bonds. The minimum atomic E-state index is 0.199. The van der Waals surface area contributed by atoms with Crippen LogP contribution in [0.25, 0.3) is 22.4 Å². The lowest BCUT2D eigenvalue weighted by molar-refractivity contribution is 0.178. The van der Waals surface area contributed by atoms with Gasteiger partial charge in [0.1, 0.15) is 24.1 Å². The van der Waals surface area contributed by atoms with Gasteiger partial charge in [0.2, 0.25) is 0 Å². The second-order valence-corrected chi connectivity index (χ2v) is 6.02. The molecule has 6 nitrogen and oxygen atoms in total. The Morgan fingerprint density at radius 2 is 1.73 bits per heavy atom. The smallest absolute Gasteiger partial charge is 0.153 e. The molecule has 130 valence electrons. The molecule has 2 heterocycles. The zero-order valence-electron chi connectivity index (χ0n) is 14.9. The number of methoxy groups -OCH3 is 1. The highest BCUT2D eigenvalue weighted by molar-refractivity contribution is 5.83. The lowest BCUT2D eigenvalue weighted by Crippen LogP contribution is -2.04. The average molecular weight is 345 g/mol. The van der Waals surface area contributed by atoms with Crippen LogP contribution in [0, 0.1) is 25.2 Å². The van der Waals surface area contributed by atoms with Crippen LogP contribution in [-0.2, 0) is 11.3 Å². The van der Waals surface area contributed by atoms with Gasteiger partial charge < -0.3 is 10.5 Å². The van der Waals surface area contributed by atoms with Gasteiger partial charge >= 0.3 is 0 Å². The topological polar surface area (TPSA) is 97.7 Å². The number of anilines is 1. The van der Waals surface area contributed by atoms with Gasteiger partial charge in [0.05, 0.1) is 5.69 Å². The number of nitriles is 1. The zero-order valence-corrected chi connectivity index (χ0v) is 14.9. The Morgan fingerprint density at radius 1 is 1.08 bits per heavy atom. The number of aryl methyl sites for hydroxylation is 1. The minimum absolute atomic E-state index is 0.199. The maximum atomic E-state index is 9.59. The fraction of sp³-hybridized carbons (Fsp3) is 0.200. The van der Waals surface area contributed by atoms with Crippen molar-refractivity contribution in [2.75, 3.05) is 12.8 Å². The molecule has 1 aromatic carbocycles. The van der Waals surface area contributed by atoms with E-state index in [0.29, 0.717) is 23.6 Å². The van der Waals surface area contributed by atoms with E-state index < -0.39 is 0 Å². The van der Waals surface area contributed by atoms with E-state index in [9.17, 15) is 5.26 Å². The Hall–Kier alpha value is -3.30. The van der Waals surface area contributed by atoms with Crippen LogP contribution in [0.15, 0.2) is 36.7 Å². The van der Waals surface area contributed by atoms with Gasteiger partial charge in [-0.05, 0) is 19.4 Å². The fourth-order valence-corrected chi connectivity index (χ4v) is 2.85. The minimum Gasteiger partial charge on any atom is -0.383 e. The first kappa shape index (κ1) is 17.5. The molecule has 0 saturated heterocycles. The standard InChI is InChI=1S/C20H19N5O/c1-12-4-6-14(7-5-12)19-13(2)18(16(8-21)20(22)25-19)15-9-23-17(11-26-3)24-10-15/h4-7,9-10H,11H2,1-3H3,(H2,22,25). The number of nitrogen functional groups attached to an aromatic ring is 1. The Kier molecular flexibility index (Phi) is 4.92. The summed E-state index contributed by atoms with van der Waals surface area (Å²) in [6.45, 7) is 4.29. The van der Waals surface area contributed by atoms with E-state index in [4.69, 9.17) is 10.5 Å². The molecule has 0 fully saturated rings. The molecule has 0 atom stereocenters. The number of hydrogen-bond donors (Lipinski definition) is 1. The molecule has 6 heteroatoms. The van der Waals surface area contributed by atoms with Crippen molar-refractivity contribution in [3.63, 3.8) is 0 Å². The third-order valence-corrected chi connectivity index (χ3v) is 4.17. The lowest BCUT2D eigenvalue weighted by atomic mass is 9.94. The second-order valence-electron chi connectivity index (χ2n) is 6.02. The van der Waals surface area contributed by atoms with Crippen molar-refractivity contribution in [1.29, 1.82) is 5.26 Å². The summed E-state index contributed by atoms with van der Waals surface area (Å²) in [5, 5.41) is 9.59. The van der Waals surface area contributed by atoms with Gasteiger partial charge in [-0.2, -0.15) is 5.26 Å². The highest BCUT2D eigenvalue weighted by Gasteiger charge is 2.18. The van der Waals surface area contributed by atoms with Crippen LogP contribution in [0.4, 0.5) is 5.82 Å². The van der Waals surface area contributed by atoms with Gasteiger partial charge in [-0.1, -0.05) is 29.8 Å². The highest BCUT2D eigenvalue weighted by Crippen LogP contribution is 2.35. The van der Waals surface area contributed by atoms with E-state index in [0.717, 1.165) is 27.9 Å².